The molecule has 0 bridgehead atoms. The van der Waals surface area contributed by atoms with Gasteiger partial charge in [0.25, 0.3) is 5.91 Å². The number of alkyl halides is 1. The quantitative estimate of drug-likeness (QED) is 0.688. The Balaban J connectivity index is 1.87. The number of rotatable bonds is 5. The SMILES string of the molecule is [B]C([B])(NCc1ccc(C)cn1)C1(F)CCN(C(=O)c2ccc(F)c(Cl)c2)C([B])([B])C1([B])[B]. The fourth-order valence-corrected chi connectivity index (χ4v) is 3.96. The fraction of sp³-hybridized carbons (Fsp3) is 0.400. The van der Waals surface area contributed by atoms with Gasteiger partial charge in [-0.3, -0.25) is 9.78 Å². The highest BCUT2D eigenvalue weighted by Gasteiger charge is 2.63. The van der Waals surface area contributed by atoms with Gasteiger partial charge in [-0.05, 0) is 53.8 Å². The van der Waals surface area contributed by atoms with Gasteiger partial charge in [-0.1, -0.05) is 22.9 Å². The lowest BCUT2D eigenvalue weighted by molar-refractivity contribution is -0.00214. The van der Waals surface area contributed by atoms with Crippen LogP contribution in [0.25, 0.3) is 0 Å². The molecule has 1 aromatic carbocycles. The van der Waals surface area contributed by atoms with Crippen LogP contribution in [-0.4, -0.2) is 85.8 Å². The van der Waals surface area contributed by atoms with Gasteiger partial charge in [-0.25, -0.2) is 8.78 Å². The predicted molar refractivity (Wildman–Crippen MR) is 129 cm³/mol. The number of hydrogen-bond donors (Lipinski definition) is 1. The van der Waals surface area contributed by atoms with Crippen LogP contribution in [0.1, 0.15) is 28.0 Å². The number of piperidine rings is 1. The number of aryl methyl sites for hydroxylation is 1. The molecule has 0 saturated carbocycles. The summed E-state index contributed by atoms with van der Waals surface area (Å²) in [6, 6.07) is 6.80. The molecule has 33 heavy (non-hydrogen) atoms. The highest BCUT2D eigenvalue weighted by atomic mass is 35.5. The Morgan fingerprint density at radius 2 is 1.91 bits per heavy atom. The van der Waals surface area contributed by atoms with Crippen molar-refractivity contribution in [1.29, 1.82) is 0 Å². The van der Waals surface area contributed by atoms with E-state index >= 15 is 4.39 Å². The van der Waals surface area contributed by atoms with Crippen LogP contribution in [0.3, 0.4) is 0 Å². The molecule has 1 aliphatic heterocycles. The Labute approximate surface area is 205 Å². The largest absolute Gasteiger partial charge is 0.351 e. The van der Waals surface area contributed by atoms with Crippen molar-refractivity contribution in [2.24, 2.45) is 0 Å². The molecule has 1 N–H and O–H groups in total. The minimum atomic E-state index is -2.77. The van der Waals surface area contributed by atoms with E-state index in [4.69, 9.17) is 58.7 Å². The van der Waals surface area contributed by atoms with Crippen LogP contribution in [0.5, 0.6) is 0 Å². The monoisotopic (exact) mass is 453 g/mol. The Hall–Kier alpha value is -1.66. The number of benzene rings is 1. The van der Waals surface area contributed by atoms with Gasteiger partial charge in [-0.15, -0.1) is 0 Å². The topological polar surface area (TPSA) is 45.2 Å². The number of amides is 1. The first-order chi connectivity index (χ1) is 15.1. The van der Waals surface area contributed by atoms with Gasteiger partial charge in [0.15, 0.2) is 0 Å². The number of nitrogens with one attached hydrogen (secondary N) is 1. The Morgan fingerprint density at radius 3 is 2.48 bits per heavy atom. The highest BCUT2D eigenvalue weighted by molar-refractivity contribution is 6.57. The van der Waals surface area contributed by atoms with Crippen LogP contribution in [0.15, 0.2) is 36.5 Å². The first-order valence-electron chi connectivity index (χ1n) is 10.00. The summed E-state index contributed by atoms with van der Waals surface area (Å²) in [7, 11) is 36.7. The smallest absolute Gasteiger partial charge is 0.252 e. The lowest BCUT2D eigenvalue weighted by atomic mass is 9.23. The number of likely N-dealkylation sites (tertiary alicyclic amines) is 1. The van der Waals surface area contributed by atoms with Crippen molar-refractivity contribution in [2.75, 3.05) is 6.54 Å². The van der Waals surface area contributed by atoms with Gasteiger partial charge in [0.2, 0.25) is 0 Å². The van der Waals surface area contributed by atoms with Gasteiger partial charge >= 0.3 is 0 Å². The molecule has 1 fully saturated rings. The second-order valence-corrected chi connectivity index (χ2v) is 8.79. The van der Waals surface area contributed by atoms with E-state index in [0.29, 0.717) is 5.69 Å². The molecular formula is C20H16B6ClF2N3O. The number of aromatic nitrogens is 1. The first kappa shape index (κ1) is 26.0. The first-order valence-corrected chi connectivity index (χ1v) is 10.4. The fourth-order valence-electron chi connectivity index (χ4n) is 3.78. The van der Waals surface area contributed by atoms with E-state index in [2.05, 4.69) is 10.3 Å². The molecule has 1 saturated heterocycles. The Morgan fingerprint density at radius 1 is 1.24 bits per heavy atom. The lowest BCUT2D eigenvalue weighted by Crippen LogP contribution is -2.78. The van der Waals surface area contributed by atoms with Gasteiger partial charge < -0.3 is 10.2 Å². The molecule has 0 aliphatic carbocycles. The summed E-state index contributed by atoms with van der Waals surface area (Å²) in [5, 5.41) is -4.98. The molecule has 1 atom stereocenters. The van der Waals surface area contributed by atoms with Crippen molar-refractivity contribution < 1.29 is 13.6 Å². The second kappa shape index (κ2) is 8.84. The maximum atomic E-state index is 16.4. The number of nitrogens with zero attached hydrogens (tertiary/aromatic N) is 2. The van der Waals surface area contributed by atoms with E-state index < -0.39 is 39.7 Å². The zero-order chi connectivity index (χ0) is 24.8. The molecule has 2 aromatic rings. The van der Waals surface area contributed by atoms with Crippen LogP contribution in [-0.2, 0) is 6.54 Å². The number of halogens is 3. The van der Waals surface area contributed by atoms with E-state index in [1.54, 1.807) is 12.3 Å². The second-order valence-electron chi connectivity index (χ2n) is 8.38. The van der Waals surface area contributed by atoms with Crippen LogP contribution in [0.4, 0.5) is 8.78 Å². The average molecular weight is 453 g/mol. The molecular weight excluding hydrogens is 437 g/mol. The van der Waals surface area contributed by atoms with Crippen LogP contribution in [0.2, 0.25) is 10.2 Å². The van der Waals surface area contributed by atoms with Crippen molar-refractivity contribution in [3.8, 4) is 0 Å². The number of carbonyl (C=O) groups excluding carboxylic acids is 1. The molecule has 1 aliphatic rings. The Bertz CT molecular complexity index is 1060. The molecule has 156 valence electrons. The van der Waals surface area contributed by atoms with E-state index in [-0.39, 0.29) is 23.7 Å². The minimum absolute atomic E-state index is 0.00606. The summed E-state index contributed by atoms with van der Waals surface area (Å²) >= 11 is 5.76. The summed E-state index contributed by atoms with van der Waals surface area (Å²) < 4.78 is 29.9. The molecule has 3 rings (SSSR count). The normalized spacial score (nSPS) is 22.1. The van der Waals surface area contributed by atoms with Crippen molar-refractivity contribution in [1.82, 2.24) is 15.2 Å². The highest BCUT2D eigenvalue weighted by Crippen LogP contribution is 2.54. The van der Waals surface area contributed by atoms with Crippen LogP contribution >= 0.6 is 11.6 Å². The van der Waals surface area contributed by atoms with Crippen LogP contribution < -0.4 is 5.32 Å². The maximum Gasteiger partial charge on any atom is 0.252 e. The molecule has 0 spiro atoms. The standard InChI is InChI=1S/C20H16B6ClF2N3O/c1-11-2-4-13(30-9-11)10-31-19(23,24)17(29)6-7-32(20(25,26)18(17,21)22)16(33)12-3-5-15(28)14(27)8-12/h2-5,8-9,31H,6-7,10H2,1H3. The van der Waals surface area contributed by atoms with Crippen molar-refractivity contribution in [3.05, 3.63) is 64.2 Å². The van der Waals surface area contributed by atoms with Gasteiger partial charge in [0, 0.05) is 24.8 Å². The molecule has 13 heteroatoms. The van der Waals surface area contributed by atoms with E-state index in [1.807, 2.05) is 13.0 Å². The summed E-state index contributed by atoms with van der Waals surface area (Å²) in [6.07, 6.45) is 1.13. The van der Waals surface area contributed by atoms with E-state index in [9.17, 15) is 9.18 Å². The maximum absolute atomic E-state index is 16.4. The zero-order valence-corrected chi connectivity index (χ0v) is 18.7. The van der Waals surface area contributed by atoms with Crippen molar-refractivity contribution in [3.63, 3.8) is 0 Å². The molecule has 12 radical (unpaired) electrons. The number of hydrogen-bond acceptors (Lipinski definition) is 3. The van der Waals surface area contributed by atoms with Gasteiger partial charge in [0.1, 0.15) is 11.5 Å². The molecule has 1 unspecified atom stereocenters. The molecule has 1 aromatic heterocycles. The van der Waals surface area contributed by atoms with E-state index in [0.717, 1.165) is 22.6 Å². The third kappa shape index (κ3) is 4.41. The average Bonchev–Trinajstić information content (AvgIpc) is 2.73. The van der Waals surface area contributed by atoms with Crippen molar-refractivity contribution >= 4 is 64.6 Å². The molecule has 1 amide bonds. The number of pyridine rings is 1. The van der Waals surface area contributed by atoms with Gasteiger partial charge in [-0.2, -0.15) is 0 Å². The Kier molecular flexibility index (Phi) is 6.96. The predicted octanol–water partition coefficient (Wildman–Crippen LogP) is 0.961. The lowest BCUT2D eigenvalue weighted by Gasteiger charge is -2.66. The zero-order valence-electron chi connectivity index (χ0n) is 18.0. The number of carbonyl (C=O) groups is 1. The summed E-state index contributed by atoms with van der Waals surface area (Å²) in [4.78, 5) is 18.1. The van der Waals surface area contributed by atoms with E-state index in [1.165, 1.54) is 6.07 Å². The molecule has 4 nitrogen and oxygen atoms in total. The summed E-state index contributed by atoms with van der Waals surface area (Å²) in [6.45, 7) is 1.52. The minimum Gasteiger partial charge on any atom is -0.351 e. The third-order valence-corrected chi connectivity index (χ3v) is 6.34. The van der Waals surface area contributed by atoms with Crippen LogP contribution in [0, 0.1) is 12.7 Å². The van der Waals surface area contributed by atoms with Crippen molar-refractivity contribution in [2.45, 2.75) is 41.4 Å². The molecule has 2 heterocycles. The summed E-state index contributed by atoms with van der Waals surface area (Å²) in [5.74, 6) is -1.50. The summed E-state index contributed by atoms with van der Waals surface area (Å²) in [5.41, 5.74) is -1.34. The van der Waals surface area contributed by atoms with Gasteiger partial charge in [0.05, 0.1) is 57.8 Å². The third-order valence-electron chi connectivity index (χ3n) is 6.05.